The van der Waals surface area contributed by atoms with Crippen molar-refractivity contribution in [1.82, 2.24) is 4.98 Å². The third kappa shape index (κ3) is 6.58. The summed E-state index contributed by atoms with van der Waals surface area (Å²) in [7, 11) is 0. The molecule has 12 rings (SSSR count). The van der Waals surface area contributed by atoms with Crippen LogP contribution in [0.3, 0.4) is 0 Å². The van der Waals surface area contributed by atoms with Crippen LogP contribution in [0.5, 0.6) is 0 Å². The molecule has 0 saturated carbocycles. The van der Waals surface area contributed by atoms with Crippen molar-refractivity contribution in [3.63, 3.8) is 0 Å². The SMILES string of the molecule is CC(C)(C)c1ccc(N(c2cccc(-c3cccc4ccccc34)c2)c2ccc3c(c2)N(c2ccccc2)c2cncc4c2B3c2ccccc2N4c2ccccc2)c(-c2ccccc2)c1. The second-order valence-corrected chi connectivity index (χ2v) is 18.4. The van der Waals surface area contributed by atoms with Crippen molar-refractivity contribution in [2.75, 3.05) is 14.7 Å². The van der Waals surface area contributed by atoms with E-state index in [4.69, 9.17) is 4.98 Å². The summed E-state index contributed by atoms with van der Waals surface area (Å²) in [5.74, 6) is 0. The van der Waals surface area contributed by atoms with Crippen molar-refractivity contribution in [2.45, 2.75) is 26.2 Å². The van der Waals surface area contributed by atoms with Crippen molar-refractivity contribution in [3.8, 4) is 22.3 Å². The van der Waals surface area contributed by atoms with Crippen molar-refractivity contribution in [3.05, 3.63) is 236 Å². The number of hydrogen-bond acceptors (Lipinski definition) is 4. The van der Waals surface area contributed by atoms with Crippen molar-refractivity contribution < 1.29 is 0 Å². The lowest BCUT2D eigenvalue weighted by Crippen LogP contribution is -2.61. The summed E-state index contributed by atoms with van der Waals surface area (Å²) in [6.45, 7) is 6.87. The molecule has 2 aliphatic rings. The van der Waals surface area contributed by atoms with Gasteiger partial charge in [-0.05, 0) is 122 Å². The van der Waals surface area contributed by atoms with E-state index in [1.165, 1.54) is 60.7 Å². The lowest BCUT2D eigenvalue weighted by molar-refractivity contribution is 0.590. The fourth-order valence-electron chi connectivity index (χ4n) is 10.4. The van der Waals surface area contributed by atoms with E-state index in [2.05, 4.69) is 260 Å². The van der Waals surface area contributed by atoms with Gasteiger partial charge in [0.2, 0.25) is 0 Å². The number of anilines is 9. The Labute approximate surface area is 387 Å². The average molecular weight is 847 g/mol. The molecule has 0 N–H and O–H groups in total. The summed E-state index contributed by atoms with van der Waals surface area (Å²) in [5, 5.41) is 2.46. The van der Waals surface area contributed by atoms with Crippen LogP contribution < -0.4 is 31.1 Å². The molecule has 0 bridgehead atoms. The van der Waals surface area contributed by atoms with Crippen LogP contribution in [0.25, 0.3) is 33.0 Å². The van der Waals surface area contributed by atoms with E-state index in [0.717, 1.165) is 45.5 Å². The molecular formula is C61H47BN4. The molecule has 1 aromatic heterocycles. The van der Waals surface area contributed by atoms with Crippen molar-refractivity contribution in [1.29, 1.82) is 0 Å². The van der Waals surface area contributed by atoms with Gasteiger partial charge in [0, 0.05) is 39.7 Å². The van der Waals surface area contributed by atoms with Crippen LogP contribution in [0.2, 0.25) is 0 Å². The first-order valence-corrected chi connectivity index (χ1v) is 22.9. The highest BCUT2D eigenvalue weighted by Gasteiger charge is 2.43. The number of para-hydroxylation sites is 3. The molecule has 9 aromatic carbocycles. The van der Waals surface area contributed by atoms with E-state index in [9.17, 15) is 0 Å². The Kier molecular flexibility index (Phi) is 9.46. The van der Waals surface area contributed by atoms with Gasteiger partial charge in [-0.3, -0.25) is 4.98 Å². The zero-order valence-corrected chi connectivity index (χ0v) is 37.3. The Morgan fingerprint density at radius 2 is 1.03 bits per heavy atom. The summed E-state index contributed by atoms with van der Waals surface area (Å²) >= 11 is 0. The fraction of sp³-hybridized carbons (Fsp3) is 0.0656. The minimum Gasteiger partial charge on any atom is -0.310 e. The first kappa shape index (κ1) is 39.4. The topological polar surface area (TPSA) is 22.6 Å². The smallest absolute Gasteiger partial charge is 0.252 e. The second-order valence-electron chi connectivity index (χ2n) is 18.4. The van der Waals surface area contributed by atoms with Gasteiger partial charge in [0.25, 0.3) is 6.71 Å². The molecule has 4 nitrogen and oxygen atoms in total. The number of rotatable bonds is 7. The third-order valence-electron chi connectivity index (χ3n) is 13.5. The molecular weight excluding hydrogens is 800 g/mol. The van der Waals surface area contributed by atoms with Crippen LogP contribution in [-0.2, 0) is 5.41 Å². The predicted molar refractivity (Wildman–Crippen MR) is 280 cm³/mol. The molecule has 0 radical (unpaired) electrons. The molecule has 0 aliphatic carbocycles. The van der Waals surface area contributed by atoms with E-state index < -0.39 is 0 Å². The van der Waals surface area contributed by atoms with Crippen molar-refractivity contribution in [2.24, 2.45) is 0 Å². The van der Waals surface area contributed by atoms with Crippen LogP contribution in [0, 0.1) is 0 Å². The maximum atomic E-state index is 5.03. The van der Waals surface area contributed by atoms with Gasteiger partial charge in [0.05, 0.1) is 29.5 Å². The quantitative estimate of drug-likeness (QED) is 0.149. The summed E-state index contributed by atoms with van der Waals surface area (Å²) in [4.78, 5) is 12.3. The molecule has 0 spiro atoms. The highest BCUT2D eigenvalue weighted by atomic mass is 15.2. The van der Waals surface area contributed by atoms with Crippen LogP contribution in [0.4, 0.5) is 51.2 Å². The molecule has 10 aromatic rings. The largest absolute Gasteiger partial charge is 0.310 e. The normalized spacial score (nSPS) is 12.7. The summed E-state index contributed by atoms with van der Waals surface area (Å²) in [5.41, 5.74) is 19.6. The second kappa shape index (κ2) is 15.8. The summed E-state index contributed by atoms with van der Waals surface area (Å²) < 4.78 is 0. The first-order valence-electron chi connectivity index (χ1n) is 22.9. The highest BCUT2D eigenvalue weighted by Crippen LogP contribution is 2.48. The van der Waals surface area contributed by atoms with Gasteiger partial charge in [-0.2, -0.15) is 0 Å². The van der Waals surface area contributed by atoms with Gasteiger partial charge in [-0.1, -0.05) is 172 Å². The van der Waals surface area contributed by atoms with Gasteiger partial charge in [-0.15, -0.1) is 0 Å². The van der Waals surface area contributed by atoms with Crippen LogP contribution in [-0.4, -0.2) is 11.7 Å². The average Bonchev–Trinajstić information content (AvgIpc) is 3.37. The standard InChI is InChI=1S/C61H47BN4/c1-61(2,3)45-33-36-55(52(38-45)43-19-7-4-8-20-43)64(48-28-17-23-44(37-48)51-30-18-22-42-21-13-14-29-50(42)51)49-34-35-54-57(39-49)66(47-26-11-6-12-27-47)59-41-63-40-58-60(59)62(54)53-31-15-16-32-56(53)65(58)46-24-9-5-10-25-46/h4-41H,1-3H3. The zero-order chi connectivity index (χ0) is 44.4. The Bertz CT molecular complexity index is 3430. The summed E-state index contributed by atoms with van der Waals surface area (Å²) in [6, 6.07) is 79.8. The van der Waals surface area contributed by atoms with E-state index >= 15 is 0 Å². The Morgan fingerprint density at radius 1 is 0.439 bits per heavy atom. The highest BCUT2D eigenvalue weighted by molar-refractivity contribution is 7.00. The predicted octanol–water partition coefficient (Wildman–Crippen LogP) is 14.4. The molecule has 0 amide bonds. The molecule has 3 heterocycles. The lowest BCUT2D eigenvalue weighted by Gasteiger charge is -2.44. The molecule has 66 heavy (non-hydrogen) atoms. The van der Waals surface area contributed by atoms with Gasteiger partial charge >= 0.3 is 0 Å². The minimum absolute atomic E-state index is 0.0211. The fourth-order valence-corrected chi connectivity index (χ4v) is 10.4. The number of pyridine rings is 1. The molecule has 0 unspecified atom stereocenters. The molecule has 0 fully saturated rings. The Balaban J connectivity index is 1.12. The van der Waals surface area contributed by atoms with Crippen LogP contribution in [0.15, 0.2) is 231 Å². The molecule has 0 atom stereocenters. The van der Waals surface area contributed by atoms with E-state index in [1.54, 1.807) is 0 Å². The lowest BCUT2D eigenvalue weighted by atomic mass is 9.33. The minimum atomic E-state index is -0.0458. The van der Waals surface area contributed by atoms with Gasteiger partial charge < -0.3 is 14.7 Å². The zero-order valence-electron chi connectivity index (χ0n) is 37.3. The molecule has 0 saturated heterocycles. The number of aromatic nitrogens is 1. The first-order chi connectivity index (χ1) is 32.4. The van der Waals surface area contributed by atoms with Gasteiger partial charge in [-0.25, -0.2) is 0 Å². The molecule has 314 valence electrons. The van der Waals surface area contributed by atoms with E-state index in [-0.39, 0.29) is 12.1 Å². The van der Waals surface area contributed by atoms with E-state index in [1.807, 2.05) is 6.20 Å². The Hall–Kier alpha value is -8.15. The number of benzene rings is 9. The maximum absolute atomic E-state index is 5.03. The monoisotopic (exact) mass is 846 g/mol. The number of fused-ring (bicyclic) bond motifs is 5. The molecule has 2 aliphatic heterocycles. The van der Waals surface area contributed by atoms with Crippen molar-refractivity contribution >= 4 is 85.1 Å². The molecule has 5 heteroatoms. The van der Waals surface area contributed by atoms with Gasteiger partial charge in [0.1, 0.15) is 0 Å². The maximum Gasteiger partial charge on any atom is 0.252 e. The summed E-state index contributed by atoms with van der Waals surface area (Å²) in [6.07, 6.45) is 4.12. The van der Waals surface area contributed by atoms with Gasteiger partial charge in [0.15, 0.2) is 0 Å². The number of nitrogens with zero attached hydrogens (tertiary/aromatic N) is 4. The van der Waals surface area contributed by atoms with Crippen LogP contribution in [0.1, 0.15) is 26.3 Å². The van der Waals surface area contributed by atoms with E-state index in [0.29, 0.717) is 0 Å². The van der Waals surface area contributed by atoms with Crippen LogP contribution >= 0.6 is 0 Å². The number of hydrogen-bond donors (Lipinski definition) is 0. The Morgan fingerprint density at radius 3 is 1.77 bits per heavy atom. The third-order valence-corrected chi connectivity index (χ3v) is 13.5.